The van der Waals surface area contributed by atoms with Crippen molar-refractivity contribution in [2.45, 2.75) is 18.7 Å². The first-order valence-electron chi connectivity index (χ1n) is 7.79. The largest absolute Gasteiger partial charge is 0.321 e. The third-order valence-electron chi connectivity index (χ3n) is 4.06. The van der Waals surface area contributed by atoms with Crippen LogP contribution in [0.2, 0.25) is 0 Å². The van der Waals surface area contributed by atoms with Crippen molar-refractivity contribution in [1.82, 2.24) is 9.78 Å². The van der Waals surface area contributed by atoms with E-state index in [9.17, 15) is 13.6 Å². The lowest BCUT2D eigenvalue weighted by Gasteiger charge is -2.17. The highest BCUT2D eigenvalue weighted by Gasteiger charge is 2.22. The summed E-state index contributed by atoms with van der Waals surface area (Å²) >= 11 is 12.1. The van der Waals surface area contributed by atoms with E-state index in [1.54, 1.807) is 6.08 Å². The Bertz CT molecular complexity index is 950. The Balaban J connectivity index is 1.98. The molecule has 0 saturated heterocycles. The molecule has 0 fully saturated rings. The summed E-state index contributed by atoms with van der Waals surface area (Å²) in [4.78, 5) is 12.5. The van der Waals surface area contributed by atoms with Crippen molar-refractivity contribution >= 4 is 40.4 Å². The van der Waals surface area contributed by atoms with E-state index in [0.29, 0.717) is 28.3 Å². The van der Waals surface area contributed by atoms with Crippen LogP contribution in [0.3, 0.4) is 0 Å². The number of amides is 1. The van der Waals surface area contributed by atoms with Gasteiger partial charge in [-0.1, -0.05) is 17.7 Å². The van der Waals surface area contributed by atoms with Crippen LogP contribution >= 0.6 is 23.2 Å². The Labute approximate surface area is 159 Å². The zero-order chi connectivity index (χ0) is 19.0. The molecule has 2 aromatic rings. The molecule has 0 spiro atoms. The SMILES string of the molecule is Cc1nn(C)c(F)c1C(=O)Nc1ccc(F)cc1C1=CCC(Cl)C(Cl)=C1. The van der Waals surface area contributed by atoms with Crippen LogP contribution in [-0.2, 0) is 7.05 Å². The number of aromatic nitrogens is 2. The average molecular weight is 398 g/mol. The molecule has 1 aliphatic rings. The first-order chi connectivity index (χ1) is 12.3. The fourth-order valence-electron chi connectivity index (χ4n) is 2.77. The molecule has 1 unspecified atom stereocenters. The summed E-state index contributed by atoms with van der Waals surface area (Å²) in [6.45, 7) is 1.54. The van der Waals surface area contributed by atoms with Gasteiger partial charge in [0.15, 0.2) is 0 Å². The van der Waals surface area contributed by atoms with Crippen LogP contribution in [-0.4, -0.2) is 21.1 Å². The molecule has 3 rings (SSSR count). The maximum atomic E-state index is 14.1. The molecule has 0 radical (unpaired) electrons. The van der Waals surface area contributed by atoms with Crippen molar-refractivity contribution in [2.75, 3.05) is 5.32 Å². The minimum absolute atomic E-state index is 0.158. The fourth-order valence-corrected chi connectivity index (χ4v) is 3.12. The van der Waals surface area contributed by atoms with E-state index < -0.39 is 17.7 Å². The molecule has 0 saturated carbocycles. The van der Waals surface area contributed by atoms with Crippen LogP contribution in [0.1, 0.15) is 28.0 Å². The summed E-state index contributed by atoms with van der Waals surface area (Å²) in [5.74, 6) is -1.88. The normalized spacial score (nSPS) is 16.9. The molecular formula is C18H15Cl2F2N3O. The molecule has 1 heterocycles. The first kappa shape index (κ1) is 18.6. The summed E-state index contributed by atoms with van der Waals surface area (Å²) in [5, 5.41) is 6.61. The zero-order valence-corrected chi connectivity index (χ0v) is 15.5. The molecule has 0 bridgehead atoms. The van der Waals surface area contributed by atoms with Crippen molar-refractivity contribution in [1.29, 1.82) is 0 Å². The molecule has 1 amide bonds. The quantitative estimate of drug-likeness (QED) is 0.757. The molecule has 1 N–H and O–H groups in total. The van der Waals surface area contributed by atoms with Gasteiger partial charge in [-0.3, -0.25) is 4.79 Å². The molecule has 1 aliphatic carbocycles. The molecular weight excluding hydrogens is 383 g/mol. The molecule has 0 aliphatic heterocycles. The van der Waals surface area contributed by atoms with Gasteiger partial charge >= 0.3 is 0 Å². The van der Waals surface area contributed by atoms with Crippen molar-refractivity contribution < 1.29 is 13.6 Å². The number of rotatable bonds is 3. The van der Waals surface area contributed by atoms with Crippen LogP contribution in [0.5, 0.6) is 0 Å². The molecule has 4 nitrogen and oxygen atoms in total. The number of nitrogens with zero attached hydrogens (tertiary/aromatic N) is 2. The Hall–Kier alpha value is -2.18. The second-order valence-electron chi connectivity index (χ2n) is 5.91. The number of halogens is 4. The highest BCUT2D eigenvalue weighted by Crippen LogP contribution is 2.34. The monoisotopic (exact) mass is 397 g/mol. The molecule has 1 atom stereocenters. The Morgan fingerprint density at radius 3 is 2.73 bits per heavy atom. The van der Waals surface area contributed by atoms with Crippen LogP contribution in [0.25, 0.3) is 5.57 Å². The number of hydrogen-bond donors (Lipinski definition) is 1. The van der Waals surface area contributed by atoms with E-state index in [2.05, 4.69) is 10.4 Å². The van der Waals surface area contributed by atoms with E-state index in [1.807, 2.05) is 6.08 Å². The van der Waals surface area contributed by atoms with Gasteiger partial charge < -0.3 is 5.32 Å². The van der Waals surface area contributed by atoms with E-state index >= 15 is 0 Å². The second-order valence-corrected chi connectivity index (χ2v) is 6.87. The van der Waals surface area contributed by atoms with Gasteiger partial charge in [-0.2, -0.15) is 9.49 Å². The lowest BCUT2D eigenvalue weighted by atomic mass is 9.97. The van der Waals surface area contributed by atoms with Crippen LogP contribution < -0.4 is 5.32 Å². The predicted molar refractivity (Wildman–Crippen MR) is 98.4 cm³/mol. The van der Waals surface area contributed by atoms with E-state index in [1.165, 1.54) is 32.2 Å². The van der Waals surface area contributed by atoms with Crippen molar-refractivity contribution in [2.24, 2.45) is 7.05 Å². The fraction of sp³-hybridized carbons (Fsp3) is 0.222. The van der Waals surface area contributed by atoms with Gasteiger partial charge in [0.25, 0.3) is 5.91 Å². The van der Waals surface area contributed by atoms with Crippen LogP contribution in [0.4, 0.5) is 14.5 Å². The Morgan fingerprint density at radius 2 is 2.12 bits per heavy atom. The summed E-state index contributed by atoms with van der Waals surface area (Å²) in [6.07, 6.45) is 3.92. The van der Waals surface area contributed by atoms with Crippen LogP contribution in [0.15, 0.2) is 35.4 Å². The molecule has 1 aromatic heterocycles. The third kappa shape index (κ3) is 3.52. The van der Waals surface area contributed by atoms with Gasteiger partial charge in [0, 0.05) is 23.3 Å². The number of nitrogens with one attached hydrogen (secondary N) is 1. The summed E-state index contributed by atoms with van der Waals surface area (Å²) in [7, 11) is 1.41. The number of benzene rings is 1. The summed E-state index contributed by atoms with van der Waals surface area (Å²) in [5.41, 5.74) is 1.50. The van der Waals surface area contributed by atoms with E-state index in [0.717, 1.165) is 4.68 Å². The Morgan fingerprint density at radius 1 is 1.38 bits per heavy atom. The molecule has 1 aromatic carbocycles. The van der Waals surface area contributed by atoms with Gasteiger partial charge in [0.05, 0.1) is 11.1 Å². The lowest BCUT2D eigenvalue weighted by molar-refractivity contribution is 0.102. The number of carbonyl (C=O) groups excluding carboxylic acids is 1. The average Bonchev–Trinajstić information content (AvgIpc) is 2.84. The number of hydrogen-bond acceptors (Lipinski definition) is 2. The van der Waals surface area contributed by atoms with Crippen molar-refractivity contribution in [3.8, 4) is 0 Å². The second kappa shape index (κ2) is 7.21. The Kier molecular flexibility index (Phi) is 5.16. The lowest BCUT2D eigenvalue weighted by Crippen LogP contribution is -2.16. The molecule has 8 heteroatoms. The first-order valence-corrected chi connectivity index (χ1v) is 8.61. The highest BCUT2D eigenvalue weighted by atomic mass is 35.5. The topological polar surface area (TPSA) is 46.9 Å². The van der Waals surface area contributed by atoms with Crippen molar-refractivity contribution in [3.63, 3.8) is 0 Å². The van der Waals surface area contributed by atoms with Gasteiger partial charge in [0.1, 0.15) is 11.4 Å². The summed E-state index contributed by atoms with van der Waals surface area (Å²) < 4.78 is 28.9. The zero-order valence-electron chi connectivity index (χ0n) is 14.0. The van der Waals surface area contributed by atoms with Gasteiger partial charge in [0.2, 0.25) is 5.95 Å². The van der Waals surface area contributed by atoms with E-state index in [-0.39, 0.29) is 16.6 Å². The molecule has 26 heavy (non-hydrogen) atoms. The number of allylic oxidation sites excluding steroid dienone is 4. The highest BCUT2D eigenvalue weighted by molar-refractivity contribution is 6.38. The van der Waals surface area contributed by atoms with Gasteiger partial charge in [-0.05, 0) is 43.2 Å². The number of anilines is 1. The van der Waals surface area contributed by atoms with E-state index in [4.69, 9.17) is 23.2 Å². The smallest absolute Gasteiger partial charge is 0.262 e. The minimum atomic E-state index is -0.742. The number of alkyl halides is 1. The number of carbonyl (C=O) groups is 1. The number of aryl methyl sites for hydroxylation is 2. The van der Waals surface area contributed by atoms with Crippen molar-refractivity contribution in [3.05, 3.63) is 64.0 Å². The predicted octanol–water partition coefficient (Wildman–Crippen LogP) is 4.78. The summed E-state index contributed by atoms with van der Waals surface area (Å²) in [6, 6.07) is 3.91. The standard InChI is InChI=1S/C18H15Cl2F2N3O/c1-9-16(17(22)25(2)24-9)18(26)23-15-6-4-11(21)8-12(15)10-3-5-13(19)14(20)7-10/h3-4,6-8,13H,5H2,1-2H3,(H,23,26). The maximum Gasteiger partial charge on any atom is 0.262 e. The third-order valence-corrected chi connectivity index (χ3v) is 4.95. The molecule has 136 valence electrons. The maximum absolute atomic E-state index is 14.1. The van der Waals surface area contributed by atoms with Gasteiger partial charge in [-0.15, -0.1) is 11.6 Å². The van der Waals surface area contributed by atoms with Gasteiger partial charge in [-0.25, -0.2) is 9.07 Å². The minimum Gasteiger partial charge on any atom is -0.321 e. The van der Waals surface area contributed by atoms with Crippen LogP contribution in [0, 0.1) is 18.7 Å².